The summed E-state index contributed by atoms with van der Waals surface area (Å²) in [6.45, 7) is 3.43. The van der Waals surface area contributed by atoms with Crippen molar-refractivity contribution in [2.24, 2.45) is 7.05 Å². The maximum Gasteiger partial charge on any atom is 0.164 e. The van der Waals surface area contributed by atoms with Crippen molar-refractivity contribution >= 4 is 33.7 Å². The molecule has 0 radical (unpaired) electrons. The summed E-state index contributed by atoms with van der Waals surface area (Å²) in [6, 6.07) is 10.9. The van der Waals surface area contributed by atoms with Crippen LogP contribution < -0.4 is 0 Å². The predicted molar refractivity (Wildman–Crippen MR) is 131 cm³/mol. The number of piperidine rings is 1. The van der Waals surface area contributed by atoms with Crippen molar-refractivity contribution in [1.29, 1.82) is 0 Å². The topological polar surface area (TPSA) is 75.5 Å². The van der Waals surface area contributed by atoms with Crippen molar-refractivity contribution in [2.45, 2.75) is 25.8 Å². The molecule has 8 heteroatoms. The average molecular weight is 458 g/mol. The summed E-state index contributed by atoms with van der Waals surface area (Å²) in [4.78, 5) is 19.7. The number of benzene rings is 1. The van der Waals surface area contributed by atoms with Gasteiger partial charge in [0.2, 0.25) is 0 Å². The number of nitrogens with zero attached hydrogens (tertiary/aromatic N) is 6. The quantitative estimate of drug-likeness (QED) is 0.375. The highest BCUT2D eigenvalue weighted by molar-refractivity contribution is 6.34. The van der Waals surface area contributed by atoms with Gasteiger partial charge in [-0.05, 0) is 43.1 Å². The Morgan fingerprint density at radius 3 is 2.55 bits per heavy atom. The lowest BCUT2D eigenvalue weighted by Gasteiger charge is -2.26. The third-order valence-electron chi connectivity index (χ3n) is 6.36. The molecule has 1 aliphatic heterocycles. The van der Waals surface area contributed by atoms with Gasteiger partial charge in [0.25, 0.3) is 0 Å². The van der Waals surface area contributed by atoms with Crippen LogP contribution in [0.2, 0.25) is 5.15 Å². The zero-order valence-corrected chi connectivity index (χ0v) is 19.2. The Kier molecular flexibility index (Phi) is 5.08. The van der Waals surface area contributed by atoms with E-state index in [4.69, 9.17) is 16.6 Å². The molecule has 0 atom stereocenters. The second-order valence-corrected chi connectivity index (χ2v) is 9.10. The number of aryl methyl sites for hydroxylation is 1. The fourth-order valence-electron chi connectivity index (χ4n) is 4.60. The lowest BCUT2D eigenvalue weighted by Crippen LogP contribution is -2.28. The molecule has 1 fully saturated rings. The van der Waals surface area contributed by atoms with Gasteiger partial charge in [0.15, 0.2) is 11.0 Å². The van der Waals surface area contributed by atoms with Crippen LogP contribution in [0.5, 0.6) is 0 Å². The van der Waals surface area contributed by atoms with Crippen molar-refractivity contribution in [3.05, 3.63) is 59.6 Å². The number of pyridine rings is 1. The molecule has 5 aromatic rings. The minimum absolute atomic E-state index is 0.375. The van der Waals surface area contributed by atoms with Crippen LogP contribution in [0.25, 0.3) is 44.6 Å². The number of aromatic nitrogens is 6. The van der Waals surface area contributed by atoms with E-state index in [9.17, 15) is 0 Å². The largest absolute Gasteiger partial charge is 0.335 e. The number of rotatable bonds is 4. The first-order valence-corrected chi connectivity index (χ1v) is 11.7. The maximum atomic E-state index is 6.50. The van der Waals surface area contributed by atoms with Crippen molar-refractivity contribution in [3.63, 3.8) is 0 Å². The Morgan fingerprint density at radius 2 is 1.79 bits per heavy atom. The SMILES string of the molecule is Cn1cc(-c2nc(Cl)c3[nH]c4ncc(-c5ccc(CN6CCCCC6)cc5)cc4c3n2)cn1. The van der Waals surface area contributed by atoms with E-state index in [1.165, 1.54) is 37.9 Å². The molecule has 7 nitrogen and oxygen atoms in total. The molecule has 0 unspecified atom stereocenters. The predicted octanol–water partition coefficient (Wildman–Crippen LogP) is 5.21. The number of aromatic amines is 1. The first-order valence-electron chi connectivity index (χ1n) is 11.3. The van der Waals surface area contributed by atoms with Gasteiger partial charge in [-0.25, -0.2) is 15.0 Å². The van der Waals surface area contributed by atoms with Crippen molar-refractivity contribution < 1.29 is 0 Å². The molecule has 166 valence electrons. The fourth-order valence-corrected chi connectivity index (χ4v) is 4.82. The van der Waals surface area contributed by atoms with Crippen LogP contribution in [0.15, 0.2) is 48.9 Å². The molecule has 4 aromatic heterocycles. The number of fused-ring (bicyclic) bond motifs is 3. The molecule has 1 aromatic carbocycles. The monoisotopic (exact) mass is 457 g/mol. The first kappa shape index (κ1) is 20.3. The van der Waals surface area contributed by atoms with Crippen molar-refractivity contribution in [1.82, 2.24) is 34.6 Å². The van der Waals surface area contributed by atoms with Gasteiger partial charge >= 0.3 is 0 Å². The lowest BCUT2D eigenvalue weighted by atomic mass is 10.0. The van der Waals surface area contributed by atoms with E-state index in [1.54, 1.807) is 10.9 Å². The summed E-state index contributed by atoms with van der Waals surface area (Å²) < 4.78 is 1.72. The maximum absolute atomic E-state index is 6.50. The van der Waals surface area contributed by atoms with Crippen LogP contribution in [0, 0.1) is 0 Å². The molecule has 1 saturated heterocycles. The average Bonchev–Trinajstić information content (AvgIpc) is 3.44. The van der Waals surface area contributed by atoms with Gasteiger partial charge in [-0.15, -0.1) is 0 Å². The van der Waals surface area contributed by atoms with E-state index in [0.29, 0.717) is 16.5 Å². The number of halogens is 1. The highest BCUT2D eigenvalue weighted by atomic mass is 35.5. The third kappa shape index (κ3) is 3.87. The van der Waals surface area contributed by atoms with Crippen LogP contribution in [0.4, 0.5) is 0 Å². The smallest absolute Gasteiger partial charge is 0.164 e. The Hall–Kier alpha value is -3.29. The van der Waals surface area contributed by atoms with E-state index < -0.39 is 0 Å². The number of hydrogen-bond acceptors (Lipinski definition) is 5. The summed E-state index contributed by atoms with van der Waals surface area (Å²) in [5.41, 5.74) is 6.56. The summed E-state index contributed by atoms with van der Waals surface area (Å²) in [5, 5.41) is 5.52. The molecule has 1 N–H and O–H groups in total. The highest BCUT2D eigenvalue weighted by Crippen LogP contribution is 2.32. The Morgan fingerprint density at radius 1 is 0.970 bits per heavy atom. The molecule has 33 heavy (non-hydrogen) atoms. The van der Waals surface area contributed by atoms with Gasteiger partial charge in [0, 0.05) is 36.9 Å². The van der Waals surface area contributed by atoms with Crippen LogP contribution in [0.1, 0.15) is 24.8 Å². The van der Waals surface area contributed by atoms with Crippen molar-refractivity contribution in [3.8, 4) is 22.5 Å². The molecule has 0 aliphatic carbocycles. The van der Waals surface area contributed by atoms with Gasteiger partial charge in [-0.2, -0.15) is 5.10 Å². The summed E-state index contributed by atoms with van der Waals surface area (Å²) in [7, 11) is 1.86. The zero-order valence-electron chi connectivity index (χ0n) is 18.4. The molecule has 1 aliphatic rings. The van der Waals surface area contributed by atoms with Gasteiger partial charge in [-0.1, -0.05) is 42.3 Å². The van der Waals surface area contributed by atoms with Crippen LogP contribution in [-0.2, 0) is 13.6 Å². The van der Waals surface area contributed by atoms with Gasteiger partial charge in [0.1, 0.15) is 16.7 Å². The van der Waals surface area contributed by atoms with Gasteiger partial charge in [0.05, 0.1) is 11.8 Å². The number of H-pyrrole nitrogens is 1. The number of nitrogens with one attached hydrogen (secondary N) is 1. The fraction of sp³-hybridized carbons (Fsp3) is 0.280. The highest BCUT2D eigenvalue weighted by Gasteiger charge is 2.16. The molecule has 0 saturated carbocycles. The standard InChI is InChI=1S/C25H24ClN7/c1-32-15-19(13-28-32)24-29-21-20-11-18(12-27-25(20)30-22(21)23(26)31-24)17-7-5-16(6-8-17)14-33-9-3-2-4-10-33/h5-8,11-13,15H,2-4,9-10,14H2,1H3,(H,27,30). The molecule has 0 bridgehead atoms. The minimum Gasteiger partial charge on any atom is -0.335 e. The first-order chi connectivity index (χ1) is 16.1. The third-order valence-corrected chi connectivity index (χ3v) is 6.63. The van der Waals surface area contributed by atoms with E-state index >= 15 is 0 Å². The lowest BCUT2D eigenvalue weighted by molar-refractivity contribution is 0.221. The molecule has 6 rings (SSSR count). The Bertz CT molecular complexity index is 1450. The molecule has 0 amide bonds. The zero-order chi connectivity index (χ0) is 22.4. The summed E-state index contributed by atoms with van der Waals surface area (Å²) in [6.07, 6.45) is 9.48. The molecule has 0 spiro atoms. The van der Waals surface area contributed by atoms with Gasteiger partial charge in [-0.3, -0.25) is 9.58 Å². The van der Waals surface area contributed by atoms with Crippen LogP contribution >= 0.6 is 11.6 Å². The summed E-state index contributed by atoms with van der Waals surface area (Å²) >= 11 is 6.50. The van der Waals surface area contributed by atoms with Crippen molar-refractivity contribution in [2.75, 3.05) is 13.1 Å². The number of hydrogen-bond donors (Lipinski definition) is 1. The summed E-state index contributed by atoms with van der Waals surface area (Å²) in [5.74, 6) is 0.550. The Balaban J connectivity index is 1.36. The number of likely N-dealkylation sites (tertiary alicyclic amines) is 1. The van der Waals surface area contributed by atoms with Crippen LogP contribution in [0.3, 0.4) is 0 Å². The van der Waals surface area contributed by atoms with Crippen LogP contribution in [-0.4, -0.2) is 47.7 Å². The second kappa shape index (κ2) is 8.24. The molecule has 5 heterocycles. The van der Waals surface area contributed by atoms with E-state index in [1.807, 2.05) is 19.4 Å². The van der Waals surface area contributed by atoms with Gasteiger partial charge < -0.3 is 4.98 Å². The van der Waals surface area contributed by atoms with E-state index in [0.717, 1.165) is 39.8 Å². The van der Waals surface area contributed by atoms with E-state index in [2.05, 4.69) is 55.3 Å². The van der Waals surface area contributed by atoms with E-state index in [-0.39, 0.29) is 0 Å². The molecular weight excluding hydrogens is 434 g/mol. The normalized spacial score (nSPS) is 15.0. The Labute approximate surface area is 196 Å². The molecular formula is C25H24ClN7. The minimum atomic E-state index is 0.375. The second-order valence-electron chi connectivity index (χ2n) is 8.74.